The maximum atomic E-state index is 13.0. The fourth-order valence-electron chi connectivity index (χ4n) is 1.02. The van der Waals surface area contributed by atoms with Crippen molar-refractivity contribution in [1.29, 1.82) is 0 Å². The minimum absolute atomic E-state index is 0.191. The van der Waals surface area contributed by atoms with Gasteiger partial charge in [-0.15, -0.1) is 0 Å². The summed E-state index contributed by atoms with van der Waals surface area (Å²) in [7, 11) is 1.18. The summed E-state index contributed by atoms with van der Waals surface area (Å²) in [6.45, 7) is 1.43. The third kappa shape index (κ3) is 1.95. The minimum Gasteiger partial charge on any atom is -0.491 e. The molecule has 0 saturated heterocycles. The van der Waals surface area contributed by atoms with Gasteiger partial charge in [-0.1, -0.05) is 0 Å². The third-order valence-corrected chi connectivity index (χ3v) is 1.71. The SMILES string of the molecule is COc1c(F)cc(C(C)O)cc1F. The Bertz CT molecular complexity index is 287. The lowest BCUT2D eigenvalue weighted by molar-refractivity contribution is 0.198. The molecule has 0 aliphatic heterocycles. The molecular weight excluding hydrogens is 178 g/mol. The molecule has 1 unspecified atom stereocenters. The van der Waals surface area contributed by atoms with Crippen molar-refractivity contribution in [3.05, 3.63) is 29.3 Å². The highest BCUT2D eigenvalue weighted by atomic mass is 19.1. The minimum atomic E-state index is -0.894. The van der Waals surface area contributed by atoms with Crippen LogP contribution in [0.4, 0.5) is 8.78 Å². The normalized spacial score (nSPS) is 12.7. The molecule has 1 N–H and O–H groups in total. The summed E-state index contributed by atoms with van der Waals surface area (Å²) in [5, 5.41) is 9.06. The second-order valence-electron chi connectivity index (χ2n) is 2.69. The molecule has 0 amide bonds. The molecule has 1 aromatic rings. The smallest absolute Gasteiger partial charge is 0.190 e. The molecule has 0 fully saturated rings. The van der Waals surface area contributed by atoms with E-state index in [1.165, 1.54) is 14.0 Å². The Morgan fingerprint density at radius 3 is 2.08 bits per heavy atom. The highest BCUT2D eigenvalue weighted by molar-refractivity contribution is 5.32. The van der Waals surface area contributed by atoms with Gasteiger partial charge in [0.05, 0.1) is 13.2 Å². The molecule has 0 bridgehead atoms. The summed E-state index contributed by atoms with van der Waals surface area (Å²) in [5.74, 6) is -2.04. The van der Waals surface area contributed by atoms with Gasteiger partial charge in [0.2, 0.25) is 0 Å². The second kappa shape index (κ2) is 3.70. The van der Waals surface area contributed by atoms with Gasteiger partial charge in [-0.05, 0) is 24.6 Å². The van der Waals surface area contributed by atoms with E-state index in [9.17, 15) is 8.78 Å². The molecule has 13 heavy (non-hydrogen) atoms. The zero-order valence-corrected chi connectivity index (χ0v) is 7.34. The van der Waals surface area contributed by atoms with E-state index in [-0.39, 0.29) is 5.56 Å². The van der Waals surface area contributed by atoms with E-state index >= 15 is 0 Å². The monoisotopic (exact) mass is 188 g/mol. The van der Waals surface area contributed by atoms with E-state index < -0.39 is 23.5 Å². The molecule has 72 valence electrons. The van der Waals surface area contributed by atoms with Gasteiger partial charge >= 0.3 is 0 Å². The molecule has 0 aromatic heterocycles. The lowest BCUT2D eigenvalue weighted by Crippen LogP contribution is -1.98. The summed E-state index contributed by atoms with van der Waals surface area (Å²) in [4.78, 5) is 0. The van der Waals surface area contributed by atoms with Crippen molar-refractivity contribution in [2.24, 2.45) is 0 Å². The lowest BCUT2D eigenvalue weighted by atomic mass is 10.1. The number of halogens is 2. The van der Waals surface area contributed by atoms with Crippen molar-refractivity contribution >= 4 is 0 Å². The molecular formula is C9H10F2O2. The average molecular weight is 188 g/mol. The van der Waals surface area contributed by atoms with Crippen LogP contribution in [0.15, 0.2) is 12.1 Å². The Labute approximate surface area is 74.8 Å². The van der Waals surface area contributed by atoms with Crippen LogP contribution in [-0.4, -0.2) is 12.2 Å². The molecule has 0 radical (unpaired) electrons. The Morgan fingerprint density at radius 2 is 1.77 bits per heavy atom. The summed E-state index contributed by atoms with van der Waals surface area (Å²) in [5.41, 5.74) is 0.191. The Kier molecular flexibility index (Phi) is 2.83. The zero-order valence-electron chi connectivity index (χ0n) is 7.34. The van der Waals surface area contributed by atoms with Crippen LogP contribution in [0.3, 0.4) is 0 Å². The van der Waals surface area contributed by atoms with Gasteiger partial charge in [0.1, 0.15) is 0 Å². The number of ether oxygens (including phenoxy) is 1. The highest BCUT2D eigenvalue weighted by Crippen LogP contribution is 2.25. The van der Waals surface area contributed by atoms with Gasteiger partial charge in [0, 0.05) is 0 Å². The fraction of sp³-hybridized carbons (Fsp3) is 0.333. The van der Waals surface area contributed by atoms with Crippen LogP contribution in [0.2, 0.25) is 0 Å². The number of methoxy groups -OCH3 is 1. The highest BCUT2D eigenvalue weighted by Gasteiger charge is 2.13. The van der Waals surface area contributed by atoms with Crippen molar-refractivity contribution < 1.29 is 18.6 Å². The molecule has 4 heteroatoms. The van der Waals surface area contributed by atoms with E-state index in [0.717, 1.165) is 12.1 Å². The lowest BCUT2D eigenvalue weighted by Gasteiger charge is -2.08. The predicted molar refractivity (Wildman–Crippen MR) is 43.5 cm³/mol. The van der Waals surface area contributed by atoms with Crippen LogP contribution >= 0.6 is 0 Å². The molecule has 1 aromatic carbocycles. The molecule has 0 aliphatic carbocycles. The average Bonchev–Trinajstić information content (AvgIpc) is 2.03. The van der Waals surface area contributed by atoms with E-state index in [4.69, 9.17) is 5.11 Å². The van der Waals surface area contributed by atoms with Crippen LogP contribution in [0.1, 0.15) is 18.6 Å². The van der Waals surface area contributed by atoms with Crippen LogP contribution in [-0.2, 0) is 0 Å². The first-order valence-corrected chi connectivity index (χ1v) is 3.77. The van der Waals surface area contributed by atoms with Crippen molar-refractivity contribution in [1.82, 2.24) is 0 Å². The van der Waals surface area contributed by atoms with Crippen molar-refractivity contribution in [2.45, 2.75) is 13.0 Å². The van der Waals surface area contributed by atoms with Gasteiger partial charge < -0.3 is 9.84 Å². The Hall–Kier alpha value is -1.16. The standard InChI is InChI=1S/C9H10F2O2/c1-5(12)6-3-7(10)9(13-2)8(11)4-6/h3-5,12H,1-2H3. The molecule has 1 atom stereocenters. The number of benzene rings is 1. The van der Waals surface area contributed by atoms with Crippen molar-refractivity contribution in [2.75, 3.05) is 7.11 Å². The number of hydrogen-bond donors (Lipinski definition) is 1. The molecule has 1 rings (SSSR count). The van der Waals surface area contributed by atoms with Crippen LogP contribution in [0, 0.1) is 11.6 Å². The molecule has 0 saturated carbocycles. The number of rotatable bonds is 2. The summed E-state index contributed by atoms with van der Waals surface area (Å²) >= 11 is 0. The van der Waals surface area contributed by atoms with Gasteiger partial charge in [0.25, 0.3) is 0 Å². The first-order chi connectivity index (χ1) is 6.06. The Balaban J connectivity index is 3.20. The Morgan fingerprint density at radius 1 is 1.31 bits per heavy atom. The van der Waals surface area contributed by atoms with E-state index in [1.54, 1.807) is 0 Å². The van der Waals surface area contributed by atoms with Gasteiger partial charge in [-0.25, -0.2) is 8.78 Å². The second-order valence-corrected chi connectivity index (χ2v) is 2.69. The van der Waals surface area contributed by atoms with E-state index in [0.29, 0.717) is 0 Å². The van der Waals surface area contributed by atoms with Crippen LogP contribution in [0.25, 0.3) is 0 Å². The topological polar surface area (TPSA) is 29.5 Å². The maximum Gasteiger partial charge on any atom is 0.190 e. The summed E-state index contributed by atoms with van der Waals surface area (Å²) < 4.78 is 30.5. The molecule has 2 nitrogen and oxygen atoms in total. The van der Waals surface area contributed by atoms with Gasteiger partial charge in [-0.2, -0.15) is 0 Å². The molecule has 0 aliphatic rings. The van der Waals surface area contributed by atoms with E-state index in [2.05, 4.69) is 4.74 Å². The molecule has 0 heterocycles. The van der Waals surface area contributed by atoms with Crippen LogP contribution < -0.4 is 4.74 Å². The summed E-state index contributed by atoms with van der Waals surface area (Å²) in [6, 6.07) is 2.10. The largest absolute Gasteiger partial charge is 0.491 e. The predicted octanol–water partition coefficient (Wildman–Crippen LogP) is 2.03. The zero-order chi connectivity index (χ0) is 10.0. The van der Waals surface area contributed by atoms with Crippen molar-refractivity contribution in [3.63, 3.8) is 0 Å². The fourth-order valence-corrected chi connectivity index (χ4v) is 1.02. The first kappa shape index (κ1) is 9.92. The number of aliphatic hydroxyl groups is 1. The summed E-state index contributed by atoms with van der Waals surface area (Å²) in [6.07, 6.45) is -0.894. The van der Waals surface area contributed by atoms with Crippen molar-refractivity contribution in [3.8, 4) is 5.75 Å². The maximum absolute atomic E-state index is 13.0. The number of hydrogen-bond acceptors (Lipinski definition) is 2. The van der Waals surface area contributed by atoms with Gasteiger partial charge in [0.15, 0.2) is 17.4 Å². The number of aliphatic hydroxyl groups excluding tert-OH is 1. The quantitative estimate of drug-likeness (QED) is 0.769. The third-order valence-electron chi connectivity index (χ3n) is 1.71. The first-order valence-electron chi connectivity index (χ1n) is 3.77. The molecule has 0 spiro atoms. The van der Waals surface area contributed by atoms with Crippen LogP contribution in [0.5, 0.6) is 5.75 Å². The van der Waals surface area contributed by atoms with E-state index in [1.807, 2.05) is 0 Å². The van der Waals surface area contributed by atoms with Gasteiger partial charge in [-0.3, -0.25) is 0 Å².